The highest BCUT2D eigenvalue weighted by atomic mass is 32.2. The Morgan fingerprint density at radius 3 is 2.25 bits per heavy atom. The number of carbonyl (C=O) groups is 1. The Labute approximate surface area is 190 Å². The van der Waals surface area contributed by atoms with E-state index in [1.807, 2.05) is 54.8 Å². The summed E-state index contributed by atoms with van der Waals surface area (Å²) in [6.07, 6.45) is 3.75. The second-order valence-corrected chi connectivity index (χ2v) is 9.92. The van der Waals surface area contributed by atoms with E-state index in [9.17, 15) is 18.3 Å². The second-order valence-electron chi connectivity index (χ2n) is 7.33. The predicted molar refractivity (Wildman–Crippen MR) is 127 cm³/mol. The average molecular weight is 467 g/mol. The Bertz CT molecular complexity index is 1350. The molecule has 1 atom stereocenters. The van der Waals surface area contributed by atoms with Gasteiger partial charge in [-0.05, 0) is 53.3 Å². The molecule has 3 N–H and O–H groups in total. The third-order valence-electron chi connectivity index (χ3n) is 5.28. The molecule has 0 spiro atoms. The van der Waals surface area contributed by atoms with E-state index in [1.165, 1.54) is 12.1 Å². The van der Waals surface area contributed by atoms with Crippen LogP contribution >= 0.6 is 11.8 Å². The SMILES string of the molecule is CSc1ccc(-c2ccc(S(=O)(=O)N[C@H](Cc3c[nH]c4ccccc34)C(=O)O)cc2)cc1. The topological polar surface area (TPSA) is 99.3 Å². The van der Waals surface area contributed by atoms with Crippen LogP contribution in [0.2, 0.25) is 0 Å². The molecular weight excluding hydrogens is 444 g/mol. The van der Waals surface area contributed by atoms with Crippen LogP contribution < -0.4 is 4.72 Å². The number of H-pyrrole nitrogens is 1. The average Bonchev–Trinajstić information content (AvgIpc) is 3.21. The normalized spacial score (nSPS) is 12.7. The number of hydrogen-bond donors (Lipinski definition) is 3. The maximum atomic E-state index is 12.9. The molecule has 3 aromatic carbocycles. The van der Waals surface area contributed by atoms with Gasteiger partial charge in [0.05, 0.1) is 4.90 Å². The number of hydrogen-bond acceptors (Lipinski definition) is 4. The zero-order valence-electron chi connectivity index (χ0n) is 17.3. The van der Waals surface area contributed by atoms with Crippen LogP contribution in [0.3, 0.4) is 0 Å². The number of fused-ring (bicyclic) bond motifs is 1. The minimum atomic E-state index is -4.01. The monoisotopic (exact) mass is 466 g/mol. The van der Waals surface area contributed by atoms with Gasteiger partial charge in [-0.1, -0.05) is 42.5 Å². The summed E-state index contributed by atoms with van der Waals surface area (Å²) in [5.74, 6) is -1.23. The van der Waals surface area contributed by atoms with Gasteiger partial charge < -0.3 is 10.1 Å². The van der Waals surface area contributed by atoms with Gasteiger partial charge in [0.25, 0.3) is 0 Å². The molecule has 0 saturated carbocycles. The molecular formula is C24H22N2O4S2. The van der Waals surface area contributed by atoms with Crippen LogP contribution in [0.4, 0.5) is 0 Å². The molecule has 6 nitrogen and oxygen atoms in total. The smallest absolute Gasteiger partial charge is 0.322 e. The summed E-state index contributed by atoms with van der Waals surface area (Å²) >= 11 is 1.65. The Hall–Kier alpha value is -3.07. The lowest BCUT2D eigenvalue weighted by molar-refractivity contribution is -0.138. The fourth-order valence-electron chi connectivity index (χ4n) is 3.57. The second kappa shape index (κ2) is 9.20. The fourth-order valence-corrected chi connectivity index (χ4v) is 5.16. The molecule has 4 rings (SSSR count). The van der Waals surface area contributed by atoms with Gasteiger partial charge in [-0.15, -0.1) is 11.8 Å². The van der Waals surface area contributed by atoms with E-state index in [1.54, 1.807) is 30.1 Å². The molecule has 1 aromatic heterocycles. The maximum absolute atomic E-state index is 12.9. The van der Waals surface area contributed by atoms with Crippen molar-refractivity contribution in [2.45, 2.75) is 22.3 Å². The minimum Gasteiger partial charge on any atom is -0.480 e. The molecule has 0 radical (unpaired) electrons. The first-order valence-electron chi connectivity index (χ1n) is 9.92. The van der Waals surface area contributed by atoms with Crippen LogP contribution in [0.1, 0.15) is 5.56 Å². The van der Waals surface area contributed by atoms with Crippen molar-refractivity contribution in [1.29, 1.82) is 0 Å². The van der Waals surface area contributed by atoms with Crippen molar-refractivity contribution in [3.05, 3.63) is 84.6 Å². The maximum Gasteiger partial charge on any atom is 0.322 e. The standard InChI is InChI=1S/C24H22N2O4S2/c1-31-19-10-6-16(7-11-19)17-8-12-20(13-9-17)32(29,30)26-23(24(27)28)14-18-15-25-22-5-3-2-4-21(18)22/h2-13,15,23,25-26H,14H2,1H3,(H,27,28)/t23-/m1/s1. The summed E-state index contributed by atoms with van der Waals surface area (Å²) in [4.78, 5) is 16.1. The quantitative estimate of drug-likeness (QED) is 0.331. The molecule has 1 heterocycles. The van der Waals surface area contributed by atoms with Crippen LogP contribution in [0.5, 0.6) is 0 Å². The third kappa shape index (κ3) is 4.72. The summed E-state index contributed by atoms with van der Waals surface area (Å²) in [5.41, 5.74) is 3.46. The zero-order valence-corrected chi connectivity index (χ0v) is 18.9. The number of rotatable bonds is 8. The molecule has 0 amide bonds. The van der Waals surface area contributed by atoms with Crippen molar-refractivity contribution in [3.8, 4) is 11.1 Å². The van der Waals surface area contributed by atoms with Crippen molar-refractivity contribution >= 4 is 38.7 Å². The lowest BCUT2D eigenvalue weighted by Gasteiger charge is -2.15. The number of para-hydroxylation sites is 1. The first-order valence-corrected chi connectivity index (χ1v) is 12.6. The number of aromatic nitrogens is 1. The molecule has 0 saturated heterocycles. The predicted octanol–water partition coefficient (Wildman–Crippen LogP) is 4.53. The van der Waals surface area contributed by atoms with E-state index in [0.29, 0.717) is 0 Å². The number of benzene rings is 3. The number of carboxylic acid groups (broad SMARTS) is 1. The van der Waals surface area contributed by atoms with Crippen LogP contribution in [0.25, 0.3) is 22.0 Å². The van der Waals surface area contributed by atoms with Gasteiger partial charge in [-0.2, -0.15) is 4.72 Å². The molecule has 0 aliphatic carbocycles. The fraction of sp³-hybridized carbons (Fsp3) is 0.125. The Morgan fingerprint density at radius 1 is 1.00 bits per heavy atom. The van der Waals surface area contributed by atoms with E-state index in [-0.39, 0.29) is 11.3 Å². The Balaban J connectivity index is 1.54. The number of carboxylic acids is 1. The van der Waals surface area contributed by atoms with Crippen LogP contribution in [0.15, 0.2) is 88.8 Å². The number of nitrogens with one attached hydrogen (secondary N) is 2. The van der Waals surface area contributed by atoms with E-state index in [0.717, 1.165) is 32.5 Å². The molecule has 32 heavy (non-hydrogen) atoms. The first-order chi connectivity index (χ1) is 15.4. The highest BCUT2D eigenvalue weighted by Gasteiger charge is 2.26. The van der Waals surface area contributed by atoms with Gasteiger partial charge in [0.1, 0.15) is 6.04 Å². The number of thioether (sulfide) groups is 1. The lowest BCUT2D eigenvalue weighted by Crippen LogP contribution is -2.42. The Morgan fingerprint density at radius 2 is 1.62 bits per heavy atom. The third-order valence-corrected chi connectivity index (χ3v) is 7.51. The molecule has 4 aromatic rings. The largest absolute Gasteiger partial charge is 0.480 e. The summed E-state index contributed by atoms with van der Waals surface area (Å²) in [6.45, 7) is 0. The van der Waals surface area contributed by atoms with Crippen molar-refractivity contribution in [2.75, 3.05) is 6.26 Å². The van der Waals surface area contributed by atoms with Crippen LogP contribution in [-0.4, -0.2) is 36.8 Å². The molecule has 0 aliphatic heterocycles. The molecule has 0 aliphatic rings. The number of sulfonamides is 1. The van der Waals surface area contributed by atoms with Crippen molar-refractivity contribution in [3.63, 3.8) is 0 Å². The van der Waals surface area contributed by atoms with Crippen molar-refractivity contribution in [2.24, 2.45) is 0 Å². The first kappa shape index (κ1) is 22.1. The van der Waals surface area contributed by atoms with E-state index >= 15 is 0 Å². The number of aromatic amines is 1. The van der Waals surface area contributed by atoms with Crippen molar-refractivity contribution < 1.29 is 18.3 Å². The highest BCUT2D eigenvalue weighted by Crippen LogP contribution is 2.25. The summed E-state index contributed by atoms with van der Waals surface area (Å²) < 4.78 is 28.1. The zero-order chi connectivity index (χ0) is 22.7. The van der Waals surface area contributed by atoms with Crippen LogP contribution in [0, 0.1) is 0 Å². The minimum absolute atomic E-state index is 0.0205. The van der Waals surface area contributed by atoms with Gasteiger partial charge in [-0.25, -0.2) is 8.42 Å². The summed E-state index contributed by atoms with van der Waals surface area (Å²) in [5, 5.41) is 10.5. The molecule has 0 bridgehead atoms. The van der Waals surface area contributed by atoms with Crippen molar-refractivity contribution in [1.82, 2.24) is 9.71 Å². The number of aliphatic carboxylic acids is 1. The van der Waals surface area contributed by atoms with E-state index in [2.05, 4.69) is 9.71 Å². The van der Waals surface area contributed by atoms with E-state index in [4.69, 9.17) is 0 Å². The molecule has 164 valence electrons. The van der Waals surface area contributed by atoms with Crippen LogP contribution in [-0.2, 0) is 21.2 Å². The van der Waals surface area contributed by atoms with E-state index < -0.39 is 22.0 Å². The van der Waals surface area contributed by atoms with Gasteiger partial charge >= 0.3 is 5.97 Å². The highest BCUT2D eigenvalue weighted by molar-refractivity contribution is 7.98. The van der Waals surface area contributed by atoms with Gasteiger partial charge in [0, 0.05) is 28.4 Å². The molecule has 0 unspecified atom stereocenters. The Kier molecular flexibility index (Phi) is 6.36. The summed E-state index contributed by atoms with van der Waals surface area (Å²) in [7, 11) is -4.01. The molecule has 0 fully saturated rings. The van der Waals surface area contributed by atoms with Gasteiger partial charge in [-0.3, -0.25) is 4.79 Å². The van der Waals surface area contributed by atoms with Gasteiger partial charge in [0.2, 0.25) is 10.0 Å². The summed E-state index contributed by atoms with van der Waals surface area (Å²) in [6, 6.07) is 20.6. The van der Waals surface area contributed by atoms with Gasteiger partial charge in [0.15, 0.2) is 0 Å². The molecule has 8 heteroatoms. The lowest BCUT2D eigenvalue weighted by atomic mass is 10.1.